The molecule has 40 heavy (non-hydrogen) atoms. The van der Waals surface area contributed by atoms with Gasteiger partial charge in [0.2, 0.25) is 11.8 Å². The summed E-state index contributed by atoms with van der Waals surface area (Å²) in [6.07, 6.45) is -5.21. The van der Waals surface area contributed by atoms with E-state index in [1.807, 2.05) is 13.8 Å². The average Bonchev–Trinajstić information content (AvgIpc) is 3.53. The predicted octanol–water partition coefficient (Wildman–Crippen LogP) is 6.49. The number of benzene rings is 1. The summed E-state index contributed by atoms with van der Waals surface area (Å²) in [7, 11) is 0. The Labute approximate surface area is 227 Å². The number of imidazole rings is 1. The first kappa shape index (κ1) is 29.5. The summed E-state index contributed by atoms with van der Waals surface area (Å²) in [6.45, 7) is 5.36. The van der Waals surface area contributed by atoms with E-state index in [4.69, 9.17) is 4.52 Å². The second-order valence-electron chi connectivity index (χ2n) is 10.7. The molecule has 1 aliphatic carbocycles. The summed E-state index contributed by atoms with van der Waals surface area (Å²) in [5.41, 5.74) is 2.00. The van der Waals surface area contributed by atoms with E-state index < -0.39 is 48.8 Å². The molecule has 2 atom stereocenters. The quantitative estimate of drug-likeness (QED) is 0.255. The summed E-state index contributed by atoms with van der Waals surface area (Å²) in [6, 6.07) is 3.83. The molecule has 2 heterocycles. The highest BCUT2D eigenvalue weighted by Crippen LogP contribution is 2.41. The maximum absolute atomic E-state index is 13.9. The van der Waals surface area contributed by atoms with Gasteiger partial charge in [0, 0.05) is 25.2 Å². The van der Waals surface area contributed by atoms with Crippen molar-refractivity contribution in [1.82, 2.24) is 25.8 Å². The summed E-state index contributed by atoms with van der Waals surface area (Å²) in [5, 5.41) is 9.25. The molecule has 3 N–H and O–H groups in total. The standard InChI is InChI=1S/C27H32F5N5O3/c1-14(2)23-18(13-33-40-23)25(39)37-22(16-6-9-26(28,29)10-7-16)24-35-19-5-4-17(12-20(19)36-24)15(3)34-21(38)8-11-27(30,31)32/h4-5,12-16,22H,6-11H2,1-3H3,(H,34,38)(H,35,36)(H,37,39)/t15-,22+/m1/s1. The van der Waals surface area contributed by atoms with Crippen molar-refractivity contribution < 1.29 is 36.1 Å². The molecule has 4 rings (SSSR count). The minimum Gasteiger partial charge on any atom is -0.360 e. The van der Waals surface area contributed by atoms with Crippen molar-refractivity contribution in [1.29, 1.82) is 0 Å². The molecule has 0 aliphatic heterocycles. The fourth-order valence-electron chi connectivity index (χ4n) is 4.98. The molecule has 1 saturated carbocycles. The van der Waals surface area contributed by atoms with Crippen LogP contribution in [0.2, 0.25) is 0 Å². The van der Waals surface area contributed by atoms with Crippen LogP contribution in [0, 0.1) is 5.92 Å². The van der Waals surface area contributed by atoms with Gasteiger partial charge in [-0.3, -0.25) is 9.59 Å². The first-order valence-corrected chi connectivity index (χ1v) is 13.2. The monoisotopic (exact) mass is 569 g/mol. The number of aromatic amines is 1. The van der Waals surface area contributed by atoms with E-state index in [9.17, 15) is 31.5 Å². The van der Waals surface area contributed by atoms with Crippen LogP contribution < -0.4 is 10.6 Å². The Bertz CT molecular complexity index is 1340. The van der Waals surface area contributed by atoms with Crippen LogP contribution in [0.1, 0.15) is 105 Å². The van der Waals surface area contributed by atoms with Gasteiger partial charge in [-0.15, -0.1) is 0 Å². The predicted molar refractivity (Wildman–Crippen MR) is 136 cm³/mol. The molecule has 8 nitrogen and oxygen atoms in total. The first-order valence-electron chi connectivity index (χ1n) is 13.2. The first-order chi connectivity index (χ1) is 18.7. The largest absolute Gasteiger partial charge is 0.389 e. The van der Waals surface area contributed by atoms with Crippen LogP contribution >= 0.6 is 0 Å². The Morgan fingerprint density at radius 1 is 1.15 bits per heavy atom. The van der Waals surface area contributed by atoms with Crippen LogP contribution in [0.4, 0.5) is 22.0 Å². The number of amides is 2. The highest BCUT2D eigenvalue weighted by molar-refractivity contribution is 5.95. The number of carbonyl (C=O) groups is 2. The summed E-state index contributed by atoms with van der Waals surface area (Å²) >= 11 is 0. The van der Waals surface area contributed by atoms with E-state index in [1.165, 1.54) is 6.20 Å². The minimum absolute atomic E-state index is 0.101. The third-order valence-electron chi connectivity index (χ3n) is 7.22. The molecule has 218 valence electrons. The fourth-order valence-corrected chi connectivity index (χ4v) is 4.98. The molecule has 0 saturated heterocycles. The van der Waals surface area contributed by atoms with Crippen molar-refractivity contribution >= 4 is 22.8 Å². The zero-order chi connectivity index (χ0) is 29.2. The van der Waals surface area contributed by atoms with Crippen LogP contribution in [0.5, 0.6) is 0 Å². The lowest BCUT2D eigenvalue weighted by atomic mass is 9.81. The van der Waals surface area contributed by atoms with Gasteiger partial charge >= 0.3 is 6.18 Å². The van der Waals surface area contributed by atoms with Crippen LogP contribution in [0.3, 0.4) is 0 Å². The second-order valence-corrected chi connectivity index (χ2v) is 10.7. The van der Waals surface area contributed by atoms with E-state index in [1.54, 1.807) is 25.1 Å². The van der Waals surface area contributed by atoms with Crippen molar-refractivity contribution in [2.24, 2.45) is 5.92 Å². The lowest BCUT2D eigenvalue weighted by Crippen LogP contribution is -2.38. The van der Waals surface area contributed by atoms with Gasteiger partial charge in [0.05, 0.1) is 35.7 Å². The molecule has 1 aliphatic rings. The normalized spacial score (nSPS) is 17.6. The van der Waals surface area contributed by atoms with Gasteiger partial charge in [-0.25, -0.2) is 13.8 Å². The van der Waals surface area contributed by atoms with E-state index in [-0.39, 0.29) is 43.1 Å². The number of hydrogen-bond donors (Lipinski definition) is 3. The van der Waals surface area contributed by atoms with E-state index in [2.05, 4.69) is 25.8 Å². The molecule has 3 aromatic rings. The maximum Gasteiger partial charge on any atom is 0.389 e. The second kappa shape index (κ2) is 11.5. The summed E-state index contributed by atoms with van der Waals surface area (Å²) < 4.78 is 70.4. The zero-order valence-electron chi connectivity index (χ0n) is 22.4. The molecular formula is C27H32F5N5O3. The van der Waals surface area contributed by atoms with Gasteiger partial charge in [0.15, 0.2) is 5.76 Å². The molecule has 2 amide bonds. The number of hydrogen-bond acceptors (Lipinski definition) is 5. The highest BCUT2D eigenvalue weighted by Gasteiger charge is 2.40. The van der Waals surface area contributed by atoms with Crippen molar-refractivity contribution in [3.63, 3.8) is 0 Å². The third kappa shape index (κ3) is 7.16. The molecule has 0 spiro atoms. The number of fused-ring (bicyclic) bond motifs is 1. The van der Waals surface area contributed by atoms with Gasteiger partial charge < -0.3 is 20.1 Å². The van der Waals surface area contributed by atoms with Crippen LogP contribution in [-0.2, 0) is 4.79 Å². The van der Waals surface area contributed by atoms with Crippen molar-refractivity contribution in [3.8, 4) is 0 Å². The maximum atomic E-state index is 13.9. The van der Waals surface area contributed by atoms with E-state index in [0.717, 1.165) is 0 Å². The summed E-state index contributed by atoms with van der Waals surface area (Å²) in [5.74, 6) is -3.54. The Kier molecular flexibility index (Phi) is 8.50. The molecule has 1 fully saturated rings. The molecule has 0 bridgehead atoms. The van der Waals surface area contributed by atoms with Crippen molar-refractivity contribution in [2.45, 2.75) is 89.4 Å². The number of carbonyl (C=O) groups excluding carboxylic acids is 2. The molecule has 13 heteroatoms. The van der Waals surface area contributed by atoms with Gasteiger partial charge in [-0.1, -0.05) is 25.1 Å². The number of rotatable bonds is 9. The topological polar surface area (TPSA) is 113 Å². The number of halogens is 5. The van der Waals surface area contributed by atoms with Crippen molar-refractivity contribution in [2.75, 3.05) is 0 Å². The SMILES string of the molecule is CC(C)c1oncc1C(=O)N[C@H](c1nc2ccc([C@@H](C)NC(=O)CCC(F)(F)F)cc2[nH]1)C1CCC(F)(F)CC1. The Morgan fingerprint density at radius 2 is 1.85 bits per heavy atom. The smallest absolute Gasteiger partial charge is 0.360 e. The molecule has 0 unspecified atom stereocenters. The Balaban J connectivity index is 1.57. The fraction of sp³-hybridized carbons (Fsp3) is 0.556. The Hall–Kier alpha value is -3.51. The van der Waals surface area contributed by atoms with Crippen LogP contribution in [-0.4, -0.2) is 39.0 Å². The van der Waals surface area contributed by atoms with E-state index >= 15 is 0 Å². The average molecular weight is 570 g/mol. The third-order valence-corrected chi connectivity index (χ3v) is 7.22. The molecule has 0 radical (unpaired) electrons. The number of alkyl halides is 5. The summed E-state index contributed by atoms with van der Waals surface area (Å²) in [4.78, 5) is 33.0. The molecule has 1 aromatic carbocycles. The molecular weight excluding hydrogens is 537 g/mol. The number of nitrogens with zero attached hydrogens (tertiary/aromatic N) is 2. The lowest BCUT2D eigenvalue weighted by molar-refractivity contribution is -0.144. The van der Waals surface area contributed by atoms with Gasteiger partial charge in [0.1, 0.15) is 11.4 Å². The number of aromatic nitrogens is 3. The Morgan fingerprint density at radius 3 is 2.50 bits per heavy atom. The number of nitrogens with one attached hydrogen (secondary N) is 3. The number of H-pyrrole nitrogens is 1. The highest BCUT2D eigenvalue weighted by atomic mass is 19.4. The zero-order valence-corrected chi connectivity index (χ0v) is 22.4. The van der Waals surface area contributed by atoms with Crippen molar-refractivity contribution in [3.05, 3.63) is 47.1 Å². The van der Waals surface area contributed by atoms with Crippen LogP contribution in [0.15, 0.2) is 28.9 Å². The lowest BCUT2D eigenvalue weighted by Gasteiger charge is -2.33. The molecule has 2 aromatic heterocycles. The minimum atomic E-state index is -4.42. The van der Waals surface area contributed by atoms with E-state index in [0.29, 0.717) is 28.2 Å². The van der Waals surface area contributed by atoms with Gasteiger partial charge in [-0.05, 0) is 43.4 Å². The van der Waals surface area contributed by atoms with Crippen LogP contribution in [0.25, 0.3) is 11.0 Å². The van der Waals surface area contributed by atoms with Gasteiger partial charge in [-0.2, -0.15) is 13.2 Å². The van der Waals surface area contributed by atoms with Gasteiger partial charge in [0.25, 0.3) is 5.91 Å².